The third kappa shape index (κ3) is 5.66. The van der Waals surface area contributed by atoms with Gasteiger partial charge >= 0.3 is 5.51 Å². The average molecular weight is 278 g/mol. The van der Waals surface area contributed by atoms with Gasteiger partial charge in [0.05, 0.1) is 12.6 Å². The topological polar surface area (TPSA) is 88.1 Å². The molecule has 1 heterocycles. The minimum atomic E-state index is -6.09. The first kappa shape index (κ1) is 16.6. The maximum absolute atomic E-state index is 10.7. The molecule has 1 aliphatic heterocycles. The van der Waals surface area contributed by atoms with Gasteiger partial charge in [-0.25, -0.2) is 8.42 Å². The SMILES string of the molecule is CCN1CCCC1C[NH3+].O=S(=O)([O-])C(F)(F)F. The Morgan fingerprint density at radius 2 is 1.94 bits per heavy atom. The van der Waals surface area contributed by atoms with Gasteiger partial charge in [0.15, 0.2) is 10.1 Å². The van der Waals surface area contributed by atoms with Gasteiger partial charge in [-0.3, -0.25) is 4.90 Å². The van der Waals surface area contributed by atoms with E-state index >= 15 is 0 Å². The lowest BCUT2D eigenvalue weighted by atomic mass is 10.2. The van der Waals surface area contributed by atoms with E-state index in [4.69, 9.17) is 13.0 Å². The zero-order valence-corrected chi connectivity index (χ0v) is 10.4. The van der Waals surface area contributed by atoms with Gasteiger partial charge in [-0.2, -0.15) is 13.2 Å². The van der Waals surface area contributed by atoms with Crippen molar-refractivity contribution in [2.24, 2.45) is 0 Å². The smallest absolute Gasteiger partial charge is 0.485 e. The lowest BCUT2D eigenvalue weighted by Gasteiger charge is -2.18. The van der Waals surface area contributed by atoms with E-state index in [9.17, 15) is 13.2 Å². The molecule has 1 saturated heterocycles. The lowest BCUT2D eigenvalue weighted by Crippen LogP contribution is -2.58. The van der Waals surface area contributed by atoms with Crippen LogP contribution in [0.1, 0.15) is 19.8 Å². The number of halogens is 3. The van der Waals surface area contributed by atoms with Crippen LogP contribution >= 0.6 is 0 Å². The predicted octanol–water partition coefficient (Wildman–Crippen LogP) is -0.236. The van der Waals surface area contributed by atoms with Gasteiger partial charge < -0.3 is 10.3 Å². The molecule has 1 fully saturated rings. The Bertz CT molecular complexity index is 308. The standard InChI is InChI=1S/C7H16N2.CHF3O3S/c1-2-9-5-3-4-7(9)6-8;2-1(3,4)8(5,6)7/h7H,2-6,8H2,1H3;(H,5,6,7). The largest absolute Gasteiger partial charge is 0.741 e. The first-order valence-corrected chi connectivity index (χ1v) is 6.59. The van der Waals surface area contributed by atoms with Crippen molar-refractivity contribution < 1.29 is 31.9 Å². The fourth-order valence-corrected chi connectivity index (χ4v) is 1.64. The fourth-order valence-electron chi connectivity index (χ4n) is 1.64. The third-order valence-corrected chi connectivity index (χ3v) is 3.09. The summed E-state index contributed by atoms with van der Waals surface area (Å²) in [7, 11) is -6.09. The van der Waals surface area contributed by atoms with Crippen molar-refractivity contribution in [3.05, 3.63) is 0 Å². The van der Waals surface area contributed by atoms with Crippen molar-refractivity contribution in [3.63, 3.8) is 0 Å². The van der Waals surface area contributed by atoms with E-state index in [0.717, 1.165) is 12.6 Å². The molecule has 1 aliphatic rings. The molecule has 1 atom stereocenters. The molecule has 0 spiro atoms. The van der Waals surface area contributed by atoms with Crippen LogP contribution in [0, 0.1) is 0 Å². The predicted molar refractivity (Wildman–Crippen MR) is 53.8 cm³/mol. The summed E-state index contributed by atoms with van der Waals surface area (Å²) in [5.74, 6) is 0. The molecule has 1 unspecified atom stereocenters. The number of hydrogen-bond acceptors (Lipinski definition) is 4. The van der Waals surface area contributed by atoms with E-state index in [-0.39, 0.29) is 0 Å². The van der Waals surface area contributed by atoms with Gasteiger partial charge in [-0.05, 0) is 25.9 Å². The maximum Gasteiger partial charge on any atom is 0.485 e. The Balaban J connectivity index is 0.000000304. The van der Waals surface area contributed by atoms with Crippen molar-refractivity contribution in [1.82, 2.24) is 4.90 Å². The van der Waals surface area contributed by atoms with Crippen molar-refractivity contribution in [2.75, 3.05) is 19.6 Å². The molecular weight excluding hydrogens is 261 g/mol. The molecule has 0 aliphatic carbocycles. The molecule has 104 valence electrons. The van der Waals surface area contributed by atoms with E-state index in [1.165, 1.54) is 25.9 Å². The Labute approximate surface area is 98.5 Å². The Morgan fingerprint density at radius 3 is 2.18 bits per heavy atom. The quantitative estimate of drug-likeness (QED) is 0.558. The minimum absolute atomic E-state index is 0.801. The van der Waals surface area contributed by atoms with Gasteiger partial charge in [0, 0.05) is 0 Å². The highest BCUT2D eigenvalue weighted by Gasteiger charge is 2.36. The molecule has 3 N–H and O–H groups in total. The summed E-state index contributed by atoms with van der Waals surface area (Å²) in [6, 6.07) is 0.801. The van der Waals surface area contributed by atoms with Crippen LogP contribution in [0.3, 0.4) is 0 Å². The lowest BCUT2D eigenvalue weighted by molar-refractivity contribution is -0.377. The summed E-state index contributed by atoms with van der Waals surface area (Å²) in [5.41, 5.74) is -1.72. The van der Waals surface area contributed by atoms with E-state index in [1.807, 2.05) is 0 Å². The molecule has 0 saturated carbocycles. The first-order valence-electron chi connectivity index (χ1n) is 5.19. The van der Waals surface area contributed by atoms with Crippen LogP contribution in [0.15, 0.2) is 0 Å². The highest BCUT2D eigenvalue weighted by Crippen LogP contribution is 2.20. The fraction of sp³-hybridized carbons (Fsp3) is 1.00. The summed E-state index contributed by atoms with van der Waals surface area (Å²) in [6.45, 7) is 5.83. The molecule has 0 aromatic rings. The zero-order valence-electron chi connectivity index (χ0n) is 9.53. The van der Waals surface area contributed by atoms with Gasteiger partial charge in [-0.15, -0.1) is 0 Å². The second-order valence-electron chi connectivity index (χ2n) is 3.61. The van der Waals surface area contributed by atoms with Crippen molar-refractivity contribution in [1.29, 1.82) is 0 Å². The van der Waals surface area contributed by atoms with Gasteiger partial charge in [0.25, 0.3) is 0 Å². The molecule has 0 radical (unpaired) electrons. The van der Waals surface area contributed by atoms with Gasteiger partial charge in [-0.1, -0.05) is 6.92 Å². The molecule has 0 amide bonds. The molecule has 1 rings (SSSR count). The first-order chi connectivity index (χ1) is 7.63. The number of quaternary nitrogens is 1. The summed E-state index contributed by atoms with van der Waals surface area (Å²) >= 11 is 0. The molecule has 5 nitrogen and oxygen atoms in total. The Kier molecular flexibility index (Phi) is 6.38. The van der Waals surface area contributed by atoms with Crippen LogP contribution < -0.4 is 5.73 Å². The van der Waals surface area contributed by atoms with Crippen molar-refractivity contribution in [3.8, 4) is 0 Å². The Morgan fingerprint density at radius 1 is 1.47 bits per heavy atom. The minimum Gasteiger partial charge on any atom is -0.741 e. The van der Waals surface area contributed by atoms with E-state index < -0.39 is 15.6 Å². The average Bonchev–Trinajstić information content (AvgIpc) is 2.62. The number of likely N-dealkylation sites (N-methyl/N-ethyl adjacent to an activating group) is 1. The number of rotatable bonds is 2. The molecule has 0 bridgehead atoms. The molecule has 17 heavy (non-hydrogen) atoms. The number of nitrogens with zero attached hydrogens (tertiary/aromatic N) is 1. The molecular formula is C8H17F3N2O3S. The van der Waals surface area contributed by atoms with E-state index in [0.29, 0.717) is 0 Å². The summed E-state index contributed by atoms with van der Waals surface area (Å²) in [6.07, 6.45) is 2.76. The maximum atomic E-state index is 10.7. The molecule has 0 aromatic carbocycles. The van der Waals surface area contributed by atoms with Crippen LogP contribution in [0.2, 0.25) is 0 Å². The van der Waals surface area contributed by atoms with Crippen LogP contribution in [-0.2, 0) is 10.1 Å². The number of hydrogen-bond donors (Lipinski definition) is 1. The van der Waals surface area contributed by atoms with Crippen LogP contribution in [-0.4, -0.2) is 49.1 Å². The van der Waals surface area contributed by atoms with Crippen molar-refractivity contribution >= 4 is 10.1 Å². The third-order valence-electron chi connectivity index (χ3n) is 2.52. The Hall–Kier alpha value is -0.380. The second kappa shape index (κ2) is 6.53. The molecule has 0 aromatic heterocycles. The van der Waals surface area contributed by atoms with Gasteiger partial charge in [0.1, 0.15) is 0 Å². The summed E-state index contributed by atoms with van der Waals surface area (Å²) < 4.78 is 58.9. The highest BCUT2D eigenvalue weighted by atomic mass is 32.2. The summed E-state index contributed by atoms with van der Waals surface area (Å²) in [5, 5.41) is 0. The number of likely N-dealkylation sites (tertiary alicyclic amines) is 1. The van der Waals surface area contributed by atoms with Crippen LogP contribution in [0.25, 0.3) is 0 Å². The molecule has 9 heteroatoms. The second-order valence-corrected chi connectivity index (χ2v) is 4.98. The summed E-state index contributed by atoms with van der Waals surface area (Å²) in [4.78, 5) is 2.52. The van der Waals surface area contributed by atoms with E-state index in [1.54, 1.807) is 0 Å². The monoisotopic (exact) mass is 278 g/mol. The van der Waals surface area contributed by atoms with Gasteiger partial charge in [0.2, 0.25) is 0 Å². The normalized spacial score (nSPS) is 22.1. The zero-order chi connectivity index (χ0) is 13.7. The number of alkyl halides is 3. The van der Waals surface area contributed by atoms with Crippen molar-refractivity contribution in [2.45, 2.75) is 31.3 Å². The van der Waals surface area contributed by atoms with Crippen LogP contribution in [0.4, 0.5) is 13.2 Å². The van der Waals surface area contributed by atoms with Crippen LogP contribution in [0.5, 0.6) is 0 Å². The van der Waals surface area contributed by atoms with E-state index in [2.05, 4.69) is 17.6 Å². The highest BCUT2D eigenvalue weighted by molar-refractivity contribution is 7.86.